The van der Waals surface area contributed by atoms with Crippen molar-refractivity contribution in [3.8, 4) is 5.75 Å². The summed E-state index contributed by atoms with van der Waals surface area (Å²) < 4.78 is 6.18. The number of hydrogen-bond acceptors (Lipinski definition) is 2. The Bertz CT molecular complexity index is 521. The van der Waals surface area contributed by atoms with E-state index in [1.54, 1.807) is 14.0 Å². The smallest absolute Gasteiger partial charge is 0.133 e. The van der Waals surface area contributed by atoms with Gasteiger partial charge in [0, 0.05) is 0 Å². The monoisotopic (exact) mass is 280 g/mol. The fourth-order valence-corrected chi connectivity index (χ4v) is 2.36. The van der Waals surface area contributed by atoms with E-state index in [-0.39, 0.29) is 0 Å². The topological polar surface area (TPSA) is 29.5 Å². The van der Waals surface area contributed by atoms with Crippen LogP contribution in [0, 0.1) is 0 Å². The minimum absolute atomic E-state index is 0.440. The third-order valence-electron chi connectivity index (χ3n) is 2.65. The van der Waals surface area contributed by atoms with Crippen molar-refractivity contribution in [2.45, 2.75) is 13.0 Å². The second-order valence-corrected chi connectivity index (χ2v) is 4.53. The van der Waals surface area contributed by atoms with E-state index >= 15 is 0 Å². The van der Waals surface area contributed by atoms with Gasteiger partial charge in [-0.05, 0) is 51.3 Å². The minimum atomic E-state index is -0.440. The predicted molar refractivity (Wildman–Crippen MR) is 68.8 cm³/mol. The number of aliphatic hydroxyl groups is 1. The van der Waals surface area contributed by atoms with Gasteiger partial charge in [-0.1, -0.05) is 18.2 Å². The van der Waals surface area contributed by atoms with Gasteiger partial charge in [0.2, 0.25) is 0 Å². The molecule has 2 rings (SSSR count). The molecule has 1 unspecified atom stereocenters. The highest BCUT2D eigenvalue weighted by Gasteiger charge is 2.07. The normalized spacial score (nSPS) is 12.8. The van der Waals surface area contributed by atoms with Gasteiger partial charge in [0.05, 0.1) is 17.7 Å². The van der Waals surface area contributed by atoms with Crippen molar-refractivity contribution in [3.05, 3.63) is 40.4 Å². The quantitative estimate of drug-likeness (QED) is 0.910. The third-order valence-corrected chi connectivity index (χ3v) is 3.46. The van der Waals surface area contributed by atoms with Crippen molar-refractivity contribution < 1.29 is 9.84 Å². The molecule has 2 aromatic carbocycles. The van der Waals surface area contributed by atoms with Gasteiger partial charge in [-0.15, -0.1) is 0 Å². The number of aliphatic hydroxyl groups excluding tert-OH is 1. The van der Waals surface area contributed by atoms with E-state index in [0.717, 1.165) is 26.6 Å². The van der Waals surface area contributed by atoms with E-state index in [1.165, 1.54) is 0 Å². The third kappa shape index (κ3) is 1.93. The lowest BCUT2D eigenvalue weighted by Gasteiger charge is -2.09. The van der Waals surface area contributed by atoms with E-state index in [2.05, 4.69) is 15.9 Å². The fraction of sp³-hybridized carbons (Fsp3) is 0.231. The molecule has 0 radical (unpaired) electrons. The van der Waals surface area contributed by atoms with Crippen LogP contribution >= 0.6 is 15.9 Å². The zero-order valence-corrected chi connectivity index (χ0v) is 10.8. The summed E-state index contributed by atoms with van der Waals surface area (Å²) in [6.45, 7) is 1.76. The standard InChI is InChI=1S/C13H13BrO2/c1-8(15)9-3-5-11-10(7-9)4-6-12(16-2)13(11)14/h3-8,15H,1-2H3. The molecular formula is C13H13BrO2. The summed E-state index contributed by atoms with van der Waals surface area (Å²) in [6, 6.07) is 9.81. The van der Waals surface area contributed by atoms with Crippen molar-refractivity contribution >= 4 is 26.7 Å². The predicted octanol–water partition coefficient (Wildman–Crippen LogP) is 3.66. The van der Waals surface area contributed by atoms with Gasteiger partial charge in [-0.3, -0.25) is 0 Å². The Morgan fingerprint density at radius 1 is 1.25 bits per heavy atom. The molecule has 0 saturated heterocycles. The number of methoxy groups -OCH3 is 1. The Labute approximate surface area is 103 Å². The first-order valence-electron chi connectivity index (χ1n) is 5.07. The molecule has 0 aliphatic rings. The van der Waals surface area contributed by atoms with Crippen LogP contribution in [0.15, 0.2) is 34.8 Å². The van der Waals surface area contributed by atoms with Crippen LogP contribution in [0.4, 0.5) is 0 Å². The Kier molecular flexibility index (Phi) is 3.17. The van der Waals surface area contributed by atoms with Crippen LogP contribution in [0.1, 0.15) is 18.6 Å². The number of ether oxygens (including phenoxy) is 1. The highest BCUT2D eigenvalue weighted by atomic mass is 79.9. The molecule has 0 bridgehead atoms. The maximum Gasteiger partial charge on any atom is 0.133 e. The van der Waals surface area contributed by atoms with Gasteiger partial charge in [-0.2, -0.15) is 0 Å². The van der Waals surface area contributed by atoms with E-state index in [9.17, 15) is 5.11 Å². The summed E-state index contributed by atoms with van der Waals surface area (Å²) in [4.78, 5) is 0. The molecule has 0 aliphatic carbocycles. The van der Waals surface area contributed by atoms with Crippen LogP contribution in [0.5, 0.6) is 5.75 Å². The molecule has 16 heavy (non-hydrogen) atoms. The number of fused-ring (bicyclic) bond motifs is 1. The molecule has 1 atom stereocenters. The van der Waals surface area contributed by atoms with Crippen LogP contribution in [0.25, 0.3) is 10.8 Å². The summed E-state index contributed by atoms with van der Waals surface area (Å²) in [5.74, 6) is 0.817. The van der Waals surface area contributed by atoms with Crippen molar-refractivity contribution in [2.24, 2.45) is 0 Å². The number of benzene rings is 2. The molecule has 2 nitrogen and oxygen atoms in total. The van der Waals surface area contributed by atoms with E-state index in [4.69, 9.17) is 4.74 Å². The molecule has 0 saturated carbocycles. The molecule has 2 aromatic rings. The van der Waals surface area contributed by atoms with E-state index < -0.39 is 6.10 Å². The van der Waals surface area contributed by atoms with Gasteiger partial charge in [0.1, 0.15) is 5.75 Å². The highest BCUT2D eigenvalue weighted by Crippen LogP contribution is 2.33. The van der Waals surface area contributed by atoms with Crippen molar-refractivity contribution in [2.75, 3.05) is 7.11 Å². The van der Waals surface area contributed by atoms with Crippen molar-refractivity contribution in [3.63, 3.8) is 0 Å². The Balaban J connectivity index is 2.65. The second-order valence-electron chi connectivity index (χ2n) is 3.74. The molecule has 3 heteroatoms. The number of halogens is 1. The van der Waals surface area contributed by atoms with Gasteiger partial charge in [0.25, 0.3) is 0 Å². The summed E-state index contributed by atoms with van der Waals surface area (Å²) in [7, 11) is 1.65. The lowest BCUT2D eigenvalue weighted by molar-refractivity contribution is 0.199. The lowest BCUT2D eigenvalue weighted by atomic mass is 10.0. The summed E-state index contributed by atoms with van der Waals surface area (Å²) in [5, 5.41) is 11.7. The SMILES string of the molecule is COc1ccc2cc(C(C)O)ccc2c1Br. The Morgan fingerprint density at radius 3 is 2.62 bits per heavy atom. The summed E-state index contributed by atoms with van der Waals surface area (Å²) >= 11 is 3.52. The molecule has 0 spiro atoms. The van der Waals surface area contributed by atoms with Gasteiger partial charge in [-0.25, -0.2) is 0 Å². The molecule has 0 heterocycles. The van der Waals surface area contributed by atoms with Crippen LogP contribution in [-0.4, -0.2) is 12.2 Å². The van der Waals surface area contributed by atoms with Gasteiger partial charge >= 0.3 is 0 Å². The Morgan fingerprint density at radius 2 is 2.00 bits per heavy atom. The van der Waals surface area contributed by atoms with Gasteiger partial charge < -0.3 is 9.84 Å². The minimum Gasteiger partial charge on any atom is -0.496 e. The number of hydrogen-bond donors (Lipinski definition) is 1. The van der Waals surface area contributed by atoms with Crippen molar-refractivity contribution in [1.82, 2.24) is 0 Å². The zero-order chi connectivity index (χ0) is 11.7. The second kappa shape index (κ2) is 4.44. The number of rotatable bonds is 2. The molecule has 1 N–H and O–H groups in total. The first-order chi connectivity index (χ1) is 7.63. The molecule has 0 amide bonds. The molecule has 84 valence electrons. The first kappa shape index (κ1) is 11.4. The Hall–Kier alpha value is -1.06. The summed E-state index contributed by atoms with van der Waals surface area (Å²) in [5.41, 5.74) is 0.921. The molecule has 0 aromatic heterocycles. The molecular weight excluding hydrogens is 268 g/mol. The summed E-state index contributed by atoms with van der Waals surface area (Å²) in [6.07, 6.45) is -0.440. The van der Waals surface area contributed by atoms with Gasteiger partial charge in [0.15, 0.2) is 0 Å². The average Bonchev–Trinajstić information content (AvgIpc) is 2.29. The van der Waals surface area contributed by atoms with Crippen LogP contribution < -0.4 is 4.74 Å². The largest absolute Gasteiger partial charge is 0.496 e. The van der Waals surface area contributed by atoms with Crippen LogP contribution in [-0.2, 0) is 0 Å². The lowest BCUT2D eigenvalue weighted by Crippen LogP contribution is -1.91. The van der Waals surface area contributed by atoms with Crippen molar-refractivity contribution in [1.29, 1.82) is 0 Å². The average molecular weight is 281 g/mol. The van der Waals surface area contributed by atoms with Crippen LogP contribution in [0.2, 0.25) is 0 Å². The fourth-order valence-electron chi connectivity index (χ4n) is 1.71. The van der Waals surface area contributed by atoms with E-state index in [1.807, 2.05) is 30.3 Å². The first-order valence-corrected chi connectivity index (χ1v) is 5.87. The maximum atomic E-state index is 9.52. The maximum absolute atomic E-state index is 9.52. The molecule has 0 aliphatic heterocycles. The van der Waals surface area contributed by atoms with Crippen LogP contribution in [0.3, 0.4) is 0 Å². The highest BCUT2D eigenvalue weighted by molar-refractivity contribution is 9.10. The zero-order valence-electron chi connectivity index (χ0n) is 9.20. The molecule has 0 fully saturated rings. The van der Waals surface area contributed by atoms with E-state index in [0.29, 0.717) is 0 Å².